The molecule has 1 amide bonds. The van der Waals surface area contributed by atoms with Crippen molar-refractivity contribution in [3.8, 4) is 0 Å². The Kier molecular flexibility index (Phi) is 12.1. The summed E-state index contributed by atoms with van der Waals surface area (Å²) in [7, 11) is 0. The quantitative estimate of drug-likeness (QED) is 0.487. The molecule has 0 aromatic heterocycles. The summed E-state index contributed by atoms with van der Waals surface area (Å²) in [5.74, 6) is 0.193. The minimum atomic E-state index is -0.538. The van der Waals surface area contributed by atoms with Crippen LogP contribution < -0.4 is 28.1 Å². The maximum absolute atomic E-state index is 11.7. The Morgan fingerprint density at radius 2 is 2.11 bits per heavy atom. The molecule has 1 aliphatic rings. The Labute approximate surface area is 135 Å². The Bertz CT molecular complexity index is 332. The monoisotopic (exact) mass is 383 g/mol. The van der Waals surface area contributed by atoms with E-state index in [1.807, 2.05) is 0 Å². The largest absolute Gasteiger partial charge is 1.00 e. The summed E-state index contributed by atoms with van der Waals surface area (Å²) in [5, 5.41) is 0. The molecule has 1 aliphatic carbocycles. The van der Waals surface area contributed by atoms with Gasteiger partial charge >= 0.3 is 112 Å². The van der Waals surface area contributed by atoms with Crippen LogP contribution in [0.5, 0.6) is 0 Å². The molecule has 0 bridgehead atoms. The molecule has 0 aromatic carbocycles. The normalized spacial score (nSPS) is 14.7. The second-order valence-electron chi connectivity index (χ2n) is 4.77. The molecule has 2 nitrogen and oxygen atoms in total. The first-order valence-corrected chi connectivity index (χ1v) is 14.3. The number of carbonyl (C=O) groups excluding carboxylic acids is 1. The molecular formula is C12H21Cl2NOSiZr. The average molecular weight is 386 g/mol. The van der Waals surface area contributed by atoms with Gasteiger partial charge in [-0.05, 0) is 0 Å². The van der Waals surface area contributed by atoms with Crippen LogP contribution in [0.15, 0.2) is 23.3 Å². The van der Waals surface area contributed by atoms with Gasteiger partial charge in [0.05, 0.1) is 0 Å². The summed E-state index contributed by atoms with van der Waals surface area (Å²) < 4.78 is 3.20. The summed E-state index contributed by atoms with van der Waals surface area (Å²) in [5.41, 5.74) is 2.81. The van der Waals surface area contributed by atoms with Crippen molar-refractivity contribution in [3.05, 3.63) is 23.3 Å². The molecule has 0 fully saturated rings. The van der Waals surface area contributed by atoms with Gasteiger partial charge in [0.15, 0.2) is 0 Å². The molecular weight excluding hydrogens is 364 g/mol. The van der Waals surface area contributed by atoms with Crippen molar-refractivity contribution in [1.29, 1.82) is 0 Å². The Morgan fingerprint density at radius 3 is 2.56 bits per heavy atom. The number of halogens is 2. The molecule has 0 heterocycles. The van der Waals surface area contributed by atoms with Gasteiger partial charge in [0.2, 0.25) is 0 Å². The Hall–Kier alpha value is 0.630. The average Bonchev–Trinajstić information content (AvgIpc) is 2.61. The maximum Gasteiger partial charge on any atom is -1.00 e. The fourth-order valence-corrected chi connectivity index (χ4v) is 5.91. The van der Waals surface area contributed by atoms with Gasteiger partial charge in [-0.25, -0.2) is 0 Å². The van der Waals surface area contributed by atoms with Crippen LogP contribution in [0.25, 0.3) is 0 Å². The zero-order valence-electron chi connectivity index (χ0n) is 11.4. The van der Waals surface area contributed by atoms with E-state index in [4.69, 9.17) is 0 Å². The smallest absolute Gasteiger partial charge is 1.00 e. The second kappa shape index (κ2) is 10.4. The molecule has 1 atom stereocenters. The van der Waals surface area contributed by atoms with Crippen molar-refractivity contribution >= 4 is 11.8 Å². The molecule has 0 aromatic rings. The first-order valence-electron chi connectivity index (χ1n) is 5.91. The van der Waals surface area contributed by atoms with Gasteiger partial charge in [0.1, 0.15) is 0 Å². The predicted octanol–water partition coefficient (Wildman–Crippen LogP) is -3.61. The first-order chi connectivity index (χ1) is 7.50. The summed E-state index contributed by atoms with van der Waals surface area (Å²) in [6.07, 6.45) is 6.08. The van der Waals surface area contributed by atoms with Gasteiger partial charge in [-0.15, -0.1) is 0 Å². The van der Waals surface area contributed by atoms with E-state index in [1.165, 1.54) is 11.1 Å². The fourth-order valence-electron chi connectivity index (χ4n) is 1.90. The van der Waals surface area contributed by atoms with E-state index in [9.17, 15) is 4.79 Å². The molecule has 0 radical (unpaired) electrons. The van der Waals surface area contributed by atoms with Gasteiger partial charge in [-0.3, -0.25) is 0 Å². The van der Waals surface area contributed by atoms with Crippen LogP contribution in [0, 0.1) is 5.92 Å². The zero-order valence-corrected chi connectivity index (χ0v) is 16.5. The molecule has 0 saturated heterocycles. The number of hydrogen-bond donors (Lipinski definition) is 1. The summed E-state index contributed by atoms with van der Waals surface area (Å²) >= 11 is -0.538. The van der Waals surface area contributed by atoms with Gasteiger partial charge in [-0.2, -0.15) is 0 Å². The molecule has 1 rings (SSSR count). The number of allylic oxidation sites excluding steroid dienone is 4. The van der Waals surface area contributed by atoms with E-state index in [1.54, 1.807) is 0 Å². The number of hydrogen-bond acceptors (Lipinski definition) is 1. The predicted molar refractivity (Wildman–Crippen MR) is 67.3 cm³/mol. The first kappa shape index (κ1) is 20.9. The van der Waals surface area contributed by atoms with Crippen LogP contribution in [0.4, 0.5) is 0 Å². The van der Waals surface area contributed by atoms with Gasteiger partial charge in [0, 0.05) is 0 Å². The van der Waals surface area contributed by atoms with Crippen LogP contribution in [0.3, 0.4) is 0 Å². The summed E-state index contributed by atoms with van der Waals surface area (Å²) in [6, 6.07) is 0. The number of rotatable bonds is 5. The van der Waals surface area contributed by atoms with Gasteiger partial charge in [-0.1, -0.05) is 0 Å². The van der Waals surface area contributed by atoms with Crippen molar-refractivity contribution in [1.82, 2.24) is 3.26 Å². The second-order valence-corrected chi connectivity index (χ2v) is 18.6. The van der Waals surface area contributed by atoms with Crippen molar-refractivity contribution in [2.75, 3.05) is 0 Å². The molecule has 0 spiro atoms. The minimum Gasteiger partial charge on any atom is -1.00 e. The third kappa shape index (κ3) is 7.28. The molecule has 0 saturated carbocycles. The van der Waals surface area contributed by atoms with Crippen LogP contribution in [-0.4, -0.2) is 11.8 Å². The molecule has 1 N–H and O–H groups in total. The van der Waals surface area contributed by atoms with E-state index in [-0.39, 0.29) is 30.7 Å². The third-order valence-corrected chi connectivity index (χ3v) is 9.53. The number of nitrogens with one attached hydrogen (secondary N) is 1. The van der Waals surface area contributed by atoms with Gasteiger partial charge < -0.3 is 24.8 Å². The van der Waals surface area contributed by atoms with E-state index < -0.39 is 28.6 Å². The SMILES string of the molecule is CC1=C(C(C)CC(=O)[NH][Zr+2][SiH](C)C)CC=C1.[Cl-].[Cl-]. The maximum atomic E-state index is 11.7. The Balaban J connectivity index is 0. The van der Waals surface area contributed by atoms with E-state index in [0.717, 1.165) is 6.42 Å². The molecule has 1 unspecified atom stereocenters. The molecule has 102 valence electrons. The molecule has 6 heteroatoms. The van der Waals surface area contributed by atoms with Gasteiger partial charge in [0.25, 0.3) is 0 Å². The standard InChI is InChI=1S/C10H15NO.C2H7Si.2ClH.Zr/c1-7-4-3-5-9(7)8(2)6-10(11)12;1-3-2;;;/h3-4,8H,5-6H2,1-2H3,(H2,11,12);3H,1-2H3;2*1H;/q;;;;+3/p-3. The number of carbonyl (C=O) groups is 1. The van der Waals surface area contributed by atoms with Crippen LogP contribution in [0.2, 0.25) is 13.1 Å². The van der Waals surface area contributed by atoms with Crippen LogP contribution in [0.1, 0.15) is 26.7 Å². The summed E-state index contributed by atoms with van der Waals surface area (Å²) in [4.78, 5) is 11.7. The van der Waals surface area contributed by atoms with Crippen LogP contribution >= 0.6 is 0 Å². The van der Waals surface area contributed by atoms with E-state index in [0.29, 0.717) is 12.3 Å². The topological polar surface area (TPSA) is 29.1 Å². The van der Waals surface area contributed by atoms with Crippen molar-refractivity contribution in [3.63, 3.8) is 0 Å². The van der Waals surface area contributed by atoms with Crippen molar-refractivity contribution in [2.24, 2.45) is 5.92 Å². The fraction of sp³-hybridized carbons (Fsp3) is 0.583. The number of amides is 1. The molecule has 0 aliphatic heterocycles. The van der Waals surface area contributed by atoms with E-state index in [2.05, 4.69) is 42.4 Å². The summed E-state index contributed by atoms with van der Waals surface area (Å²) in [6.45, 7) is 8.96. The Morgan fingerprint density at radius 1 is 1.50 bits per heavy atom. The molecule has 18 heavy (non-hydrogen) atoms. The zero-order chi connectivity index (χ0) is 12.1. The third-order valence-electron chi connectivity index (χ3n) is 2.80. The van der Waals surface area contributed by atoms with Crippen molar-refractivity contribution < 1.29 is 52.3 Å². The van der Waals surface area contributed by atoms with Crippen LogP contribution in [-0.2, 0) is 27.5 Å². The van der Waals surface area contributed by atoms with E-state index >= 15 is 0 Å². The van der Waals surface area contributed by atoms with Crippen molar-refractivity contribution in [2.45, 2.75) is 39.8 Å². The minimum absolute atomic E-state index is 0.